The number of ether oxygens (including phenoxy) is 3. The average molecular weight is 556 g/mol. The first kappa shape index (κ1) is 29.8. The Balaban J connectivity index is 0.00000190. The van der Waals surface area contributed by atoms with Gasteiger partial charge in [-0.1, -0.05) is 26.0 Å². The van der Waals surface area contributed by atoms with Crippen molar-refractivity contribution in [1.82, 2.24) is 9.80 Å². The van der Waals surface area contributed by atoms with Gasteiger partial charge in [0.05, 0.1) is 6.61 Å². The average Bonchev–Trinajstić information content (AvgIpc) is 3.33. The van der Waals surface area contributed by atoms with Gasteiger partial charge in [-0.05, 0) is 99.6 Å². The third-order valence-corrected chi connectivity index (χ3v) is 8.08. The Hall–Kier alpha value is -1.73. The quantitative estimate of drug-likeness (QED) is 0.377. The maximum absolute atomic E-state index is 13.6. The molecular weight excluding hydrogens is 514 g/mol. The number of benzene rings is 2. The van der Waals surface area contributed by atoms with Crippen LogP contribution in [0.3, 0.4) is 0 Å². The minimum Gasteiger partial charge on any atom is -0.493 e. The fourth-order valence-corrected chi connectivity index (χ4v) is 5.70. The van der Waals surface area contributed by atoms with E-state index in [4.69, 9.17) is 14.2 Å². The molecule has 0 aromatic heterocycles. The van der Waals surface area contributed by atoms with Crippen LogP contribution in [0.1, 0.15) is 51.0 Å². The summed E-state index contributed by atoms with van der Waals surface area (Å²) >= 11 is 0. The summed E-state index contributed by atoms with van der Waals surface area (Å²) in [5.41, 5.74) is 1.71. The van der Waals surface area contributed by atoms with Crippen LogP contribution in [-0.2, 0) is 0 Å². The van der Waals surface area contributed by atoms with E-state index < -0.39 is 0 Å². The van der Waals surface area contributed by atoms with Crippen LogP contribution in [-0.4, -0.2) is 62.5 Å². The van der Waals surface area contributed by atoms with E-state index in [1.165, 1.54) is 44.5 Å². The normalized spacial score (nSPS) is 23.1. The van der Waals surface area contributed by atoms with Gasteiger partial charge in [0.2, 0.25) is 6.79 Å². The molecule has 0 aliphatic carbocycles. The van der Waals surface area contributed by atoms with Crippen molar-refractivity contribution in [3.05, 3.63) is 53.8 Å². The first-order valence-corrected chi connectivity index (χ1v) is 13.2. The molecule has 0 amide bonds. The van der Waals surface area contributed by atoms with Gasteiger partial charge in [-0.15, -0.1) is 24.8 Å². The van der Waals surface area contributed by atoms with E-state index in [2.05, 4.69) is 23.6 Å². The highest BCUT2D eigenvalue weighted by Gasteiger charge is 2.31. The molecule has 37 heavy (non-hydrogen) atoms. The molecule has 2 aromatic carbocycles. The molecule has 8 heteroatoms. The molecular formula is C29H41Cl2FN2O3. The first-order chi connectivity index (χ1) is 16.9. The second-order valence-electron chi connectivity index (χ2n) is 11.2. The molecule has 0 unspecified atom stereocenters. The van der Waals surface area contributed by atoms with E-state index >= 15 is 0 Å². The summed E-state index contributed by atoms with van der Waals surface area (Å²) in [6, 6.07) is 12.8. The predicted molar refractivity (Wildman–Crippen MR) is 150 cm³/mol. The van der Waals surface area contributed by atoms with Crippen molar-refractivity contribution in [3.8, 4) is 17.2 Å². The zero-order chi connectivity index (χ0) is 24.3. The van der Waals surface area contributed by atoms with Gasteiger partial charge in [0, 0.05) is 18.5 Å². The summed E-state index contributed by atoms with van der Waals surface area (Å²) in [6.07, 6.45) is 4.88. The molecule has 0 radical (unpaired) electrons. The fourth-order valence-electron chi connectivity index (χ4n) is 5.70. The lowest BCUT2D eigenvalue weighted by molar-refractivity contribution is 0.0977. The molecule has 206 valence electrons. The summed E-state index contributed by atoms with van der Waals surface area (Å²) in [6.45, 7) is 12.5. The largest absolute Gasteiger partial charge is 0.493 e. The molecule has 0 N–H and O–H groups in total. The fraction of sp³-hybridized carbons (Fsp3) is 0.586. The highest BCUT2D eigenvalue weighted by atomic mass is 35.5. The van der Waals surface area contributed by atoms with Gasteiger partial charge in [-0.2, -0.15) is 0 Å². The van der Waals surface area contributed by atoms with E-state index in [-0.39, 0.29) is 37.4 Å². The zero-order valence-corrected chi connectivity index (χ0v) is 23.6. The van der Waals surface area contributed by atoms with Crippen molar-refractivity contribution < 1.29 is 18.6 Å². The van der Waals surface area contributed by atoms with Crippen LogP contribution in [0.4, 0.5) is 4.39 Å². The van der Waals surface area contributed by atoms with Crippen LogP contribution in [0.15, 0.2) is 42.5 Å². The van der Waals surface area contributed by atoms with Gasteiger partial charge in [0.25, 0.3) is 0 Å². The molecule has 0 saturated carbocycles. The standard InChI is InChI=1S/C29H39FN2O3.2ClH/c1-29(2)11-16-31(17-12-29)13-3-14-32-15-10-26(22-4-6-24(30)7-5-22)23(19-32)20-33-25-8-9-27-28(18-25)35-21-34-27;;/h4-9,18,23,26H,3,10-17,19-21H2,1-2H3;2*1H/t23-,26-;;/m1../s1. The van der Waals surface area contributed by atoms with Crippen LogP contribution >= 0.6 is 24.8 Å². The highest BCUT2D eigenvalue weighted by Crippen LogP contribution is 2.37. The van der Waals surface area contributed by atoms with Gasteiger partial charge < -0.3 is 24.0 Å². The molecule has 2 fully saturated rings. The first-order valence-electron chi connectivity index (χ1n) is 13.2. The Kier molecular flexibility index (Phi) is 10.8. The van der Waals surface area contributed by atoms with Gasteiger partial charge >= 0.3 is 0 Å². The lowest BCUT2D eigenvalue weighted by Gasteiger charge is -2.40. The lowest BCUT2D eigenvalue weighted by Crippen LogP contribution is -2.43. The molecule has 3 aliphatic heterocycles. The van der Waals surface area contributed by atoms with Crippen molar-refractivity contribution >= 4 is 24.8 Å². The number of hydrogen-bond acceptors (Lipinski definition) is 5. The minimum atomic E-state index is -0.180. The number of hydrogen-bond donors (Lipinski definition) is 0. The molecule has 2 atom stereocenters. The van der Waals surface area contributed by atoms with Crippen LogP contribution in [0, 0.1) is 17.2 Å². The number of halogens is 3. The number of nitrogens with zero attached hydrogens (tertiary/aromatic N) is 2. The zero-order valence-electron chi connectivity index (χ0n) is 22.0. The number of rotatable bonds is 8. The molecule has 5 rings (SSSR count). The number of fused-ring (bicyclic) bond motifs is 1. The summed E-state index contributed by atoms with van der Waals surface area (Å²) in [5, 5.41) is 0. The van der Waals surface area contributed by atoms with Crippen molar-refractivity contribution in [2.75, 3.05) is 52.7 Å². The van der Waals surface area contributed by atoms with Crippen LogP contribution in [0.2, 0.25) is 0 Å². The van der Waals surface area contributed by atoms with Crippen molar-refractivity contribution in [2.45, 2.75) is 45.4 Å². The van der Waals surface area contributed by atoms with Gasteiger partial charge in [-0.3, -0.25) is 0 Å². The topological polar surface area (TPSA) is 34.2 Å². The second kappa shape index (κ2) is 13.4. The third kappa shape index (κ3) is 7.89. The Bertz CT molecular complexity index is 982. The van der Waals surface area contributed by atoms with Gasteiger partial charge in [0.1, 0.15) is 11.6 Å². The highest BCUT2D eigenvalue weighted by molar-refractivity contribution is 5.85. The smallest absolute Gasteiger partial charge is 0.231 e. The minimum absolute atomic E-state index is 0. The van der Waals surface area contributed by atoms with E-state index in [1.807, 2.05) is 30.3 Å². The summed E-state index contributed by atoms with van der Waals surface area (Å²) in [4.78, 5) is 5.23. The summed E-state index contributed by atoms with van der Waals surface area (Å²) in [5.74, 6) is 2.84. The van der Waals surface area contributed by atoms with E-state index in [0.29, 0.717) is 23.9 Å². The molecule has 2 aromatic rings. The van der Waals surface area contributed by atoms with Crippen molar-refractivity contribution in [1.29, 1.82) is 0 Å². The Morgan fingerprint density at radius 1 is 0.919 bits per heavy atom. The van der Waals surface area contributed by atoms with Crippen LogP contribution < -0.4 is 14.2 Å². The SMILES string of the molecule is CC1(C)CCN(CCCN2CC[C@H](c3ccc(F)cc3)[C@@H](COc3ccc4c(c3)OCO4)C2)CC1.Cl.Cl. The van der Waals surface area contributed by atoms with E-state index in [0.717, 1.165) is 43.3 Å². The molecule has 0 bridgehead atoms. The third-order valence-electron chi connectivity index (χ3n) is 8.08. The predicted octanol–water partition coefficient (Wildman–Crippen LogP) is 6.39. The maximum atomic E-state index is 13.6. The Labute approximate surface area is 233 Å². The van der Waals surface area contributed by atoms with Crippen molar-refractivity contribution in [2.24, 2.45) is 11.3 Å². The maximum Gasteiger partial charge on any atom is 0.231 e. The number of likely N-dealkylation sites (tertiary alicyclic amines) is 2. The summed E-state index contributed by atoms with van der Waals surface area (Å²) < 4.78 is 30.8. The van der Waals surface area contributed by atoms with E-state index in [1.54, 1.807) is 12.1 Å². The monoisotopic (exact) mass is 554 g/mol. The summed E-state index contributed by atoms with van der Waals surface area (Å²) in [7, 11) is 0. The molecule has 3 aliphatic rings. The second-order valence-corrected chi connectivity index (χ2v) is 11.2. The van der Waals surface area contributed by atoms with Gasteiger partial charge in [0.15, 0.2) is 11.5 Å². The van der Waals surface area contributed by atoms with Gasteiger partial charge in [-0.25, -0.2) is 4.39 Å². The van der Waals surface area contributed by atoms with Crippen molar-refractivity contribution in [3.63, 3.8) is 0 Å². The molecule has 0 spiro atoms. The molecule has 3 heterocycles. The molecule has 2 saturated heterocycles. The number of piperidine rings is 2. The van der Waals surface area contributed by atoms with E-state index in [9.17, 15) is 4.39 Å². The lowest BCUT2D eigenvalue weighted by atomic mass is 9.80. The van der Waals surface area contributed by atoms with Crippen LogP contribution in [0.25, 0.3) is 0 Å². The molecule has 5 nitrogen and oxygen atoms in total. The Morgan fingerprint density at radius 3 is 2.38 bits per heavy atom. The Morgan fingerprint density at radius 2 is 1.62 bits per heavy atom. The van der Waals surface area contributed by atoms with Crippen LogP contribution in [0.5, 0.6) is 17.2 Å².